The Hall–Kier alpha value is -0.300. The Kier molecular flexibility index (Phi) is 1.91. The molecule has 0 aromatic carbocycles. The topological polar surface area (TPSA) is 20.2 Å². The zero-order valence-electron chi connectivity index (χ0n) is 5.93. The van der Waals surface area contributed by atoms with Gasteiger partial charge in [0.05, 0.1) is 6.10 Å². The minimum Gasteiger partial charge on any atom is -0.389 e. The van der Waals surface area contributed by atoms with Crippen molar-refractivity contribution in [3.05, 3.63) is 12.2 Å². The van der Waals surface area contributed by atoms with Gasteiger partial charge in [-0.15, -0.1) is 0 Å². The highest BCUT2D eigenvalue weighted by molar-refractivity contribution is 4.98. The first-order valence-corrected chi connectivity index (χ1v) is 3.53. The summed E-state index contributed by atoms with van der Waals surface area (Å²) >= 11 is 0. The van der Waals surface area contributed by atoms with Gasteiger partial charge in [-0.1, -0.05) is 25.0 Å². The van der Waals surface area contributed by atoms with Gasteiger partial charge in [-0.05, 0) is 19.3 Å². The molecule has 9 heavy (non-hydrogen) atoms. The third kappa shape index (κ3) is 2.19. The van der Waals surface area contributed by atoms with Crippen molar-refractivity contribution in [2.75, 3.05) is 0 Å². The number of aliphatic hydroxyl groups excluding tert-OH is 1. The van der Waals surface area contributed by atoms with E-state index in [-0.39, 0.29) is 6.10 Å². The molecule has 0 heterocycles. The fraction of sp³-hybridized carbons (Fsp3) is 0.750. The summed E-state index contributed by atoms with van der Waals surface area (Å²) in [6.45, 7) is 5.57. The normalized spacial score (nSPS) is 21.6. The second kappa shape index (κ2) is 2.53. The van der Waals surface area contributed by atoms with Crippen LogP contribution in [0.1, 0.15) is 26.2 Å². The number of aliphatic hydroxyl groups is 1. The van der Waals surface area contributed by atoms with E-state index in [0.717, 1.165) is 17.9 Å². The van der Waals surface area contributed by atoms with Crippen LogP contribution in [0, 0.1) is 5.92 Å². The number of hydrogen-bond donors (Lipinski definition) is 1. The quantitative estimate of drug-likeness (QED) is 0.571. The molecule has 0 aliphatic heterocycles. The lowest BCUT2D eigenvalue weighted by Gasteiger charge is -2.07. The van der Waals surface area contributed by atoms with Gasteiger partial charge in [0.25, 0.3) is 0 Å². The average Bonchev–Trinajstić information content (AvgIpc) is 2.50. The van der Waals surface area contributed by atoms with Crippen molar-refractivity contribution in [1.82, 2.24) is 0 Å². The Balaban J connectivity index is 2.16. The van der Waals surface area contributed by atoms with Crippen LogP contribution in [-0.4, -0.2) is 11.2 Å². The summed E-state index contributed by atoms with van der Waals surface area (Å²) < 4.78 is 0. The van der Waals surface area contributed by atoms with Crippen molar-refractivity contribution >= 4 is 0 Å². The largest absolute Gasteiger partial charge is 0.389 e. The SMILES string of the molecule is C=C(C)C(O)CC1CC1. The summed E-state index contributed by atoms with van der Waals surface area (Å²) in [5.74, 6) is 0.802. The van der Waals surface area contributed by atoms with E-state index in [1.54, 1.807) is 0 Å². The molecule has 1 saturated carbocycles. The Morgan fingerprint density at radius 2 is 2.33 bits per heavy atom. The van der Waals surface area contributed by atoms with Crippen molar-refractivity contribution in [2.24, 2.45) is 5.92 Å². The molecular formula is C8H14O. The molecule has 1 aliphatic carbocycles. The fourth-order valence-corrected chi connectivity index (χ4v) is 0.870. The minimum absolute atomic E-state index is 0.238. The van der Waals surface area contributed by atoms with Crippen LogP contribution in [0.2, 0.25) is 0 Å². The van der Waals surface area contributed by atoms with E-state index < -0.39 is 0 Å². The van der Waals surface area contributed by atoms with Gasteiger partial charge in [0.15, 0.2) is 0 Å². The highest BCUT2D eigenvalue weighted by atomic mass is 16.3. The number of rotatable bonds is 3. The molecule has 1 aliphatic rings. The smallest absolute Gasteiger partial charge is 0.0747 e. The zero-order chi connectivity index (χ0) is 6.85. The zero-order valence-corrected chi connectivity index (χ0v) is 5.93. The van der Waals surface area contributed by atoms with E-state index in [1.165, 1.54) is 12.8 Å². The second-order valence-corrected chi connectivity index (χ2v) is 3.04. The molecule has 1 unspecified atom stereocenters. The van der Waals surface area contributed by atoms with Crippen molar-refractivity contribution in [2.45, 2.75) is 32.3 Å². The first-order chi connectivity index (χ1) is 4.20. The maximum absolute atomic E-state index is 9.24. The van der Waals surface area contributed by atoms with Crippen LogP contribution in [0.4, 0.5) is 0 Å². The van der Waals surface area contributed by atoms with E-state index >= 15 is 0 Å². The van der Waals surface area contributed by atoms with Crippen LogP contribution < -0.4 is 0 Å². The highest BCUT2D eigenvalue weighted by Gasteiger charge is 2.24. The lowest BCUT2D eigenvalue weighted by atomic mass is 10.1. The van der Waals surface area contributed by atoms with Crippen molar-refractivity contribution < 1.29 is 5.11 Å². The van der Waals surface area contributed by atoms with Gasteiger partial charge in [-0.25, -0.2) is 0 Å². The summed E-state index contributed by atoms with van der Waals surface area (Å²) in [4.78, 5) is 0. The summed E-state index contributed by atoms with van der Waals surface area (Å²) in [6, 6.07) is 0. The Bertz CT molecular complexity index is 114. The van der Waals surface area contributed by atoms with Crippen molar-refractivity contribution in [1.29, 1.82) is 0 Å². The summed E-state index contributed by atoms with van der Waals surface area (Å²) in [7, 11) is 0. The van der Waals surface area contributed by atoms with E-state index in [1.807, 2.05) is 6.92 Å². The van der Waals surface area contributed by atoms with E-state index in [0.29, 0.717) is 0 Å². The van der Waals surface area contributed by atoms with E-state index in [4.69, 9.17) is 0 Å². The molecular weight excluding hydrogens is 112 g/mol. The van der Waals surface area contributed by atoms with Crippen LogP contribution in [0.5, 0.6) is 0 Å². The Labute approximate surface area is 56.4 Å². The van der Waals surface area contributed by atoms with Crippen LogP contribution in [0.3, 0.4) is 0 Å². The van der Waals surface area contributed by atoms with Gasteiger partial charge in [-0.2, -0.15) is 0 Å². The lowest BCUT2D eigenvalue weighted by Crippen LogP contribution is -2.07. The van der Waals surface area contributed by atoms with E-state index in [2.05, 4.69) is 6.58 Å². The van der Waals surface area contributed by atoms with Gasteiger partial charge in [0, 0.05) is 0 Å². The molecule has 0 saturated heterocycles. The van der Waals surface area contributed by atoms with Gasteiger partial charge < -0.3 is 5.11 Å². The molecule has 0 radical (unpaired) electrons. The molecule has 0 spiro atoms. The second-order valence-electron chi connectivity index (χ2n) is 3.04. The van der Waals surface area contributed by atoms with E-state index in [9.17, 15) is 5.11 Å². The highest BCUT2D eigenvalue weighted by Crippen LogP contribution is 2.34. The van der Waals surface area contributed by atoms with Gasteiger partial charge in [-0.3, -0.25) is 0 Å². The van der Waals surface area contributed by atoms with Crippen molar-refractivity contribution in [3.63, 3.8) is 0 Å². The first-order valence-electron chi connectivity index (χ1n) is 3.53. The number of hydrogen-bond acceptors (Lipinski definition) is 1. The summed E-state index contributed by atoms with van der Waals surface area (Å²) in [6.07, 6.45) is 3.32. The molecule has 1 N–H and O–H groups in total. The summed E-state index contributed by atoms with van der Waals surface area (Å²) in [5, 5.41) is 9.24. The first kappa shape index (κ1) is 6.81. The molecule has 0 bridgehead atoms. The predicted molar refractivity (Wildman–Crippen MR) is 38.2 cm³/mol. The third-order valence-corrected chi connectivity index (χ3v) is 1.82. The third-order valence-electron chi connectivity index (χ3n) is 1.82. The molecule has 0 amide bonds. The molecule has 0 aromatic heterocycles. The molecule has 1 fully saturated rings. The standard InChI is InChI=1S/C8H14O/c1-6(2)8(9)5-7-3-4-7/h7-9H,1,3-5H2,2H3. The monoisotopic (exact) mass is 126 g/mol. The van der Waals surface area contributed by atoms with Crippen LogP contribution in [-0.2, 0) is 0 Å². The Morgan fingerprint density at radius 1 is 1.78 bits per heavy atom. The molecule has 1 atom stereocenters. The van der Waals surface area contributed by atoms with Crippen LogP contribution >= 0.6 is 0 Å². The van der Waals surface area contributed by atoms with Gasteiger partial charge in [0.2, 0.25) is 0 Å². The molecule has 1 rings (SSSR count). The molecule has 52 valence electrons. The molecule has 1 heteroatoms. The van der Waals surface area contributed by atoms with Crippen LogP contribution in [0.25, 0.3) is 0 Å². The summed E-state index contributed by atoms with van der Waals surface area (Å²) in [5.41, 5.74) is 0.905. The lowest BCUT2D eigenvalue weighted by molar-refractivity contribution is 0.193. The van der Waals surface area contributed by atoms with Gasteiger partial charge >= 0.3 is 0 Å². The average molecular weight is 126 g/mol. The minimum atomic E-state index is -0.238. The Morgan fingerprint density at radius 3 is 2.67 bits per heavy atom. The van der Waals surface area contributed by atoms with Crippen LogP contribution in [0.15, 0.2) is 12.2 Å². The van der Waals surface area contributed by atoms with Crippen molar-refractivity contribution in [3.8, 4) is 0 Å². The van der Waals surface area contributed by atoms with Gasteiger partial charge in [0.1, 0.15) is 0 Å². The molecule has 0 aromatic rings. The maximum Gasteiger partial charge on any atom is 0.0747 e. The predicted octanol–water partition coefficient (Wildman–Crippen LogP) is 1.72. The molecule has 1 nitrogen and oxygen atoms in total. The maximum atomic E-state index is 9.24. The fourth-order valence-electron chi connectivity index (χ4n) is 0.870.